The standard InChI is InChI=1S/C11H20O3/c1-6-11(5)7(2)8-9(14-11)13-10(3,4)12-8/h7-9H,6H2,1-5H3/t7-,8+,9-,11+/m0/s1. The van der Waals surface area contributed by atoms with Crippen molar-refractivity contribution < 1.29 is 14.2 Å². The summed E-state index contributed by atoms with van der Waals surface area (Å²) in [7, 11) is 0. The molecule has 0 bridgehead atoms. The van der Waals surface area contributed by atoms with Crippen molar-refractivity contribution in [1.82, 2.24) is 0 Å². The minimum atomic E-state index is -0.487. The summed E-state index contributed by atoms with van der Waals surface area (Å²) in [5, 5.41) is 0. The normalized spacial score (nSPS) is 50.8. The third kappa shape index (κ3) is 1.38. The van der Waals surface area contributed by atoms with Crippen LogP contribution in [0.2, 0.25) is 0 Å². The third-order valence-electron chi connectivity index (χ3n) is 3.63. The smallest absolute Gasteiger partial charge is 0.188 e. The first kappa shape index (κ1) is 10.4. The number of ether oxygens (including phenoxy) is 3. The second-order valence-corrected chi connectivity index (χ2v) is 5.04. The summed E-state index contributed by atoms with van der Waals surface area (Å²) >= 11 is 0. The van der Waals surface area contributed by atoms with E-state index in [4.69, 9.17) is 14.2 Å². The van der Waals surface area contributed by atoms with Crippen LogP contribution in [-0.2, 0) is 14.2 Å². The lowest BCUT2D eigenvalue weighted by Gasteiger charge is -2.30. The second-order valence-electron chi connectivity index (χ2n) is 5.04. The first-order valence-electron chi connectivity index (χ1n) is 5.41. The minimum Gasteiger partial charge on any atom is -0.343 e. The van der Waals surface area contributed by atoms with E-state index in [0.717, 1.165) is 6.42 Å². The molecule has 2 fully saturated rings. The topological polar surface area (TPSA) is 27.7 Å². The summed E-state index contributed by atoms with van der Waals surface area (Å²) in [6, 6.07) is 0. The van der Waals surface area contributed by atoms with E-state index in [1.807, 2.05) is 13.8 Å². The molecule has 3 heteroatoms. The molecular weight excluding hydrogens is 180 g/mol. The highest BCUT2D eigenvalue weighted by molar-refractivity contribution is 4.97. The molecule has 0 unspecified atom stereocenters. The van der Waals surface area contributed by atoms with Gasteiger partial charge in [0.05, 0.1) is 5.60 Å². The Balaban J connectivity index is 2.15. The molecule has 3 nitrogen and oxygen atoms in total. The Kier molecular flexibility index (Phi) is 2.18. The predicted octanol–water partition coefficient (Wildman–Crippen LogP) is 2.30. The monoisotopic (exact) mass is 200 g/mol. The van der Waals surface area contributed by atoms with Crippen LogP contribution in [0.15, 0.2) is 0 Å². The van der Waals surface area contributed by atoms with E-state index in [2.05, 4.69) is 20.8 Å². The average molecular weight is 200 g/mol. The van der Waals surface area contributed by atoms with Gasteiger partial charge >= 0.3 is 0 Å². The first-order chi connectivity index (χ1) is 6.38. The minimum absolute atomic E-state index is 0.0914. The van der Waals surface area contributed by atoms with Crippen molar-refractivity contribution in [3.8, 4) is 0 Å². The Hall–Kier alpha value is -0.120. The Morgan fingerprint density at radius 2 is 1.71 bits per heavy atom. The summed E-state index contributed by atoms with van der Waals surface area (Å²) in [5.74, 6) is -0.0992. The maximum absolute atomic E-state index is 5.92. The van der Waals surface area contributed by atoms with Crippen molar-refractivity contribution in [2.45, 2.75) is 64.8 Å². The number of rotatable bonds is 1. The highest BCUT2D eigenvalue weighted by atomic mass is 16.8. The van der Waals surface area contributed by atoms with Gasteiger partial charge in [-0.05, 0) is 27.2 Å². The van der Waals surface area contributed by atoms with Gasteiger partial charge in [0.1, 0.15) is 6.10 Å². The predicted molar refractivity (Wildman–Crippen MR) is 52.8 cm³/mol. The van der Waals surface area contributed by atoms with Crippen molar-refractivity contribution in [3.05, 3.63) is 0 Å². The lowest BCUT2D eigenvalue weighted by Crippen LogP contribution is -2.36. The fraction of sp³-hybridized carbons (Fsp3) is 1.00. The van der Waals surface area contributed by atoms with Gasteiger partial charge in [0.2, 0.25) is 0 Å². The van der Waals surface area contributed by atoms with Gasteiger partial charge in [0.15, 0.2) is 12.1 Å². The van der Waals surface area contributed by atoms with Crippen LogP contribution in [0.1, 0.15) is 41.0 Å². The molecule has 2 aliphatic heterocycles. The molecule has 0 spiro atoms. The zero-order valence-corrected chi connectivity index (χ0v) is 9.66. The molecule has 2 heterocycles. The lowest BCUT2D eigenvalue weighted by molar-refractivity contribution is -0.228. The highest BCUT2D eigenvalue weighted by Gasteiger charge is 2.57. The molecule has 0 N–H and O–H groups in total. The van der Waals surface area contributed by atoms with E-state index < -0.39 is 5.79 Å². The quantitative estimate of drug-likeness (QED) is 0.650. The Morgan fingerprint density at radius 3 is 2.21 bits per heavy atom. The molecule has 0 aromatic heterocycles. The molecule has 0 aliphatic carbocycles. The molecule has 0 radical (unpaired) electrons. The Labute approximate surface area is 85.7 Å². The Bertz CT molecular complexity index is 239. The van der Waals surface area contributed by atoms with Gasteiger partial charge in [-0.3, -0.25) is 0 Å². The van der Waals surface area contributed by atoms with Gasteiger partial charge in [-0.25, -0.2) is 0 Å². The third-order valence-corrected chi connectivity index (χ3v) is 3.63. The highest BCUT2D eigenvalue weighted by Crippen LogP contribution is 2.46. The van der Waals surface area contributed by atoms with Gasteiger partial charge in [-0.1, -0.05) is 13.8 Å². The SMILES string of the molecule is CC[C@@]1(C)O[C@@H]2OC(C)(C)O[C@@H]2[C@@H]1C. The summed E-state index contributed by atoms with van der Waals surface area (Å²) in [4.78, 5) is 0. The van der Waals surface area contributed by atoms with Crippen molar-refractivity contribution in [1.29, 1.82) is 0 Å². The van der Waals surface area contributed by atoms with E-state index in [0.29, 0.717) is 5.92 Å². The zero-order chi connectivity index (χ0) is 10.6. The average Bonchev–Trinajstić information content (AvgIpc) is 2.48. The fourth-order valence-corrected chi connectivity index (χ4v) is 2.31. The van der Waals surface area contributed by atoms with Gasteiger partial charge in [0.25, 0.3) is 0 Å². The molecule has 0 aromatic carbocycles. The summed E-state index contributed by atoms with van der Waals surface area (Å²) < 4.78 is 17.5. The van der Waals surface area contributed by atoms with Crippen LogP contribution < -0.4 is 0 Å². The molecule has 2 aliphatic rings. The van der Waals surface area contributed by atoms with Crippen LogP contribution in [0.5, 0.6) is 0 Å². The van der Waals surface area contributed by atoms with Crippen LogP contribution in [0.25, 0.3) is 0 Å². The van der Waals surface area contributed by atoms with Crippen LogP contribution in [-0.4, -0.2) is 23.8 Å². The van der Waals surface area contributed by atoms with Gasteiger partial charge in [-0.2, -0.15) is 0 Å². The molecule has 2 saturated heterocycles. The summed E-state index contributed by atoms with van der Waals surface area (Å²) in [6.07, 6.45) is 0.911. The zero-order valence-electron chi connectivity index (χ0n) is 9.66. The van der Waals surface area contributed by atoms with E-state index in [-0.39, 0.29) is 18.0 Å². The second kappa shape index (κ2) is 2.94. The summed E-state index contributed by atoms with van der Waals surface area (Å²) in [5.41, 5.74) is -0.0914. The van der Waals surface area contributed by atoms with Crippen LogP contribution in [0.3, 0.4) is 0 Å². The molecule has 0 aromatic rings. The van der Waals surface area contributed by atoms with E-state index >= 15 is 0 Å². The van der Waals surface area contributed by atoms with Crippen LogP contribution in [0.4, 0.5) is 0 Å². The fourth-order valence-electron chi connectivity index (χ4n) is 2.31. The van der Waals surface area contributed by atoms with Crippen molar-refractivity contribution in [2.75, 3.05) is 0 Å². The van der Waals surface area contributed by atoms with E-state index in [1.54, 1.807) is 0 Å². The van der Waals surface area contributed by atoms with Crippen LogP contribution in [0, 0.1) is 5.92 Å². The molecule has 82 valence electrons. The molecule has 4 atom stereocenters. The maximum atomic E-state index is 5.92. The van der Waals surface area contributed by atoms with Gasteiger partial charge < -0.3 is 14.2 Å². The van der Waals surface area contributed by atoms with Crippen molar-refractivity contribution in [3.63, 3.8) is 0 Å². The van der Waals surface area contributed by atoms with E-state index in [1.165, 1.54) is 0 Å². The van der Waals surface area contributed by atoms with Gasteiger partial charge in [-0.15, -0.1) is 0 Å². The summed E-state index contributed by atoms with van der Waals surface area (Å²) in [6.45, 7) is 10.3. The number of hydrogen-bond donors (Lipinski definition) is 0. The molecule has 14 heavy (non-hydrogen) atoms. The molecule has 0 saturated carbocycles. The lowest BCUT2D eigenvalue weighted by atomic mass is 9.87. The first-order valence-corrected chi connectivity index (χ1v) is 5.41. The molecular formula is C11H20O3. The number of fused-ring (bicyclic) bond motifs is 1. The maximum Gasteiger partial charge on any atom is 0.188 e. The number of hydrogen-bond acceptors (Lipinski definition) is 3. The van der Waals surface area contributed by atoms with Gasteiger partial charge in [0, 0.05) is 5.92 Å². The van der Waals surface area contributed by atoms with Crippen molar-refractivity contribution in [2.24, 2.45) is 5.92 Å². The Morgan fingerprint density at radius 1 is 1.07 bits per heavy atom. The molecule has 0 amide bonds. The molecule has 2 rings (SSSR count). The van der Waals surface area contributed by atoms with E-state index in [9.17, 15) is 0 Å². The van der Waals surface area contributed by atoms with Crippen LogP contribution >= 0.6 is 0 Å². The largest absolute Gasteiger partial charge is 0.343 e. The van der Waals surface area contributed by atoms with Crippen molar-refractivity contribution >= 4 is 0 Å².